The summed E-state index contributed by atoms with van der Waals surface area (Å²) in [7, 11) is 3.25. The predicted octanol–water partition coefficient (Wildman–Crippen LogP) is 2.81. The van der Waals surface area contributed by atoms with Crippen molar-refractivity contribution in [2.24, 2.45) is 0 Å². The van der Waals surface area contributed by atoms with E-state index in [-0.39, 0.29) is 23.1 Å². The Morgan fingerprint density at radius 1 is 1.26 bits per heavy atom. The summed E-state index contributed by atoms with van der Waals surface area (Å²) in [6.45, 7) is 0. The number of benzene rings is 2. The van der Waals surface area contributed by atoms with Gasteiger partial charge in [0.25, 0.3) is 11.6 Å². The third-order valence-electron chi connectivity index (χ3n) is 3.01. The molecule has 0 aliphatic carbocycles. The van der Waals surface area contributed by atoms with Gasteiger partial charge in [0.2, 0.25) is 0 Å². The SMILES string of the molecule is CN(C)C(=O)c1ccc(Oc2cc(N)c([N+](=O)[O-])cc2F)cc1. The molecule has 0 spiro atoms. The minimum absolute atomic E-state index is 0.178. The molecule has 8 heteroatoms. The molecule has 7 nitrogen and oxygen atoms in total. The Hall–Kier alpha value is -3.16. The van der Waals surface area contributed by atoms with Gasteiger partial charge in [-0.25, -0.2) is 4.39 Å². The highest BCUT2D eigenvalue weighted by molar-refractivity contribution is 5.93. The van der Waals surface area contributed by atoms with Crippen molar-refractivity contribution in [3.63, 3.8) is 0 Å². The van der Waals surface area contributed by atoms with Crippen molar-refractivity contribution in [2.75, 3.05) is 19.8 Å². The molecule has 2 aromatic carbocycles. The molecule has 0 aromatic heterocycles. The molecule has 0 unspecified atom stereocenters. The van der Waals surface area contributed by atoms with Gasteiger partial charge in [0.1, 0.15) is 11.4 Å². The molecule has 2 aromatic rings. The monoisotopic (exact) mass is 319 g/mol. The predicted molar refractivity (Wildman–Crippen MR) is 82.0 cm³/mol. The third kappa shape index (κ3) is 3.54. The first kappa shape index (κ1) is 16.2. The van der Waals surface area contributed by atoms with Crippen LogP contribution in [0.1, 0.15) is 10.4 Å². The summed E-state index contributed by atoms with van der Waals surface area (Å²) in [6, 6.07) is 7.80. The first-order chi connectivity index (χ1) is 10.8. The number of halogens is 1. The number of carbonyl (C=O) groups is 1. The Balaban J connectivity index is 2.24. The Morgan fingerprint density at radius 3 is 2.39 bits per heavy atom. The van der Waals surface area contributed by atoms with Crippen molar-refractivity contribution in [3.05, 3.63) is 57.9 Å². The standard InChI is InChI=1S/C15H14FN3O4/c1-18(2)15(20)9-3-5-10(6-4-9)23-14-8-12(17)13(19(21)22)7-11(14)16/h3-8H,17H2,1-2H3. The number of nitro benzene ring substituents is 1. The minimum atomic E-state index is -0.903. The topological polar surface area (TPSA) is 98.7 Å². The number of amides is 1. The largest absolute Gasteiger partial charge is 0.454 e. The average molecular weight is 319 g/mol. The Kier molecular flexibility index (Phi) is 4.44. The first-order valence-corrected chi connectivity index (χ1v) is 6.52. The molecule has 1 amide bonds. The number of nitro groups is 1. The van der Waals surface area contributed by atoms with Gasteiger partial charge in [0, 0.05) is 25.7 Å². The van der Waals surface area contributed by atoms with E-state index in [0.29, 0.717) is 11.6 Å². The number of hydrogen-bond donors (Lipinski definition) is 1. The van der Waals surface area contributed by atoms with E-state index in [4.69, 9.17) is 10.5 Å². The maximum Gasteiger partial charge on any atom is 0.295 e. The van der Waals surface area contributed by atoms with Crippen LogP contribution in [0.4, 0.5) is 15.8 Å². The fraction of sp³-hybridized carbons (Fsp3) is 0.133. The van der Waals surface area contributed by atoms with Crippen LogP contribution in [0.2, 0.25) is 0 Å². The molecule has 120 valence electrons. The lowest BCUT2D eigenvalue weighted by Crippen LogP contribution is -2.21. The molecule has 0 radical (unpaired) electrons. The fourth-order valence-corrected chi connectivity index (χ4v) is 1.85. The smallest absolute Gasteiger partial charge is 0.295 e. The van der Waals surface area contributed by atoms with Crippen molar-refractivity contribution in [1.29, 1.82) is 0 Å². The number of nitrogen functional groups attached to an aromatic ring is 1. The summed E-state index contributed by atoms with van der Waals surface area (Å²) < 4.78 is 19.2. The summed E-state index contributed by atoms with van der Waals surface area (Å²) in [5.74, 6) is -1.05. The molecular formula is C15H14FN3O4. The maximum absolute atomic E-state index is 13.8. The quantitative estimate of drug-likeness (QED) is 0.531. The van der Waals surface area contributed by atoms with Crippen LogP contribution < -0.4 is 10.5 Å². The van der Waals surface area contributed by atoms with E-state index in [1.54, 1.807) is 14.1 Å². The van der Waals surface area contributed by atoms with E-state index < -0.39 is 16.4 Å². The van der Waals surface area contributed by atoms with Gasteiger partial charge in [0.15, 0.2) is 11.6 Å². The molecule has 2 N–H and O–H groups in total. The molecule has 0 aliphatic heterocycles. The van der Waals surface area contributed by atoms with Crippen molar-refractivity contribution in [3.8, 4) is 11.5 Å². The second kappa shape index (κ2) is 6.30. The minimum Gasteiger partial charge on any atom is -0.454 e. The number of ether oxygens (including phenoxy) is 1. The number of nitrogens with zero attached hydrogens (tertiary/aromatic N) is 2. The summed E-state index contributed by atoms with van der Waals surface area (Å²) in [6.07, 6.45) is 0. The van der Waals surface area contributed by atoms with Gasteiger partial charge in [-0.1, -0.05) is 0 Å². The zero-order valence-corrected chi connectivity index (χ0v) is 12.4. The van der Waals surface area contributed by atoms with Gasteiger partial charge in [-0.3, -0.25) is 14.9 Å². The first-order valence-electron chi connectivity index (χ1n) is 6.52. The van der Waals surface area contributed by atoms with Crippen LogP contribution in [0, 0.1) is 15.9 Å². The van der Waals surface area contributed by atoms with Crippen LogP contribution in [0.15, 0.2) is 36.4 Å². The molecule has 23 heavy (non-hydrogen) atoms. The van der Waals surface area contributed by atoms with Crippen LogP contribution in [-0.2, 0) is 0 Å². The van der Waals surface area contributed by atoms with Crippen molar-refractivity contribution >= 4 is 17.3 Å². The summed E-state index contributed by atoms with van der Waals surface area (Å²) in [4.78, 5) is 23.1. The van der Waals surface area contributed by atoms with E-state index in [9.17, 15) is 19.3 Å². The molecule has 0 bridgehead atoms. The lowest BCUT2D eigenvalue weighted by molar-refractivity contribution is -0.384. The van der Waals surface area contributed by atoms with Crippen LogP contribution in [-0.4, -0.2) is 29.8 Å². The van der Waals surface area contributed by atoms with Gasteiger partial charge < -0.3 is 15.4 Å². The van der Waals surface area contributed by atoms with E-state index in [2.05, 4.69) is 0 Å². The zero-order chi connectivity index (χ0) is 17.1. The summed E-state index contributed by atoms with van der Waals surface area (Å²) in [5.41, 5.74) is 5.22. The summed E-state index contributed by atoms with van der Waals surface area (Å²) >= 11 is 0. The van der Waals surface area contributed by atoms with Gasteiger partial charge in [-0.2, -0.15) is 0 Å². The second-order valence-electron chi connectivity index (χ2n) is 4.92. The van der Waals surface area contributed by atoms with Gasteiger partial charge in [-0.05, 0) is 24.3 Å². The second-order valence-corrected chi connectivity index (χ2v) is 4.92. The number of rotatable bonds is 4. The zero-order valence-electron chi connectivity index (χ0n) is 12.4. The van der Waals surface area contributed by atoms with E-state index in [0.717, 1.165) is 6.07 Å². The van der Waals surface area contributed by atoms with Gasteiger partial charge in [-0.15, -0.1) is 0 Å². The van der Waals surface area contributed by atoms with E-state index in [1.807, 2.05) is 0 Å². The van der Waals surface area contributed by atoms with Crippen LogP contribution in [0.5, 0.6) is 11.5 Å². The van der Waals surface area contributed by atoms with E-state index in [1.165, 1.54) is 29.2 Å². The lowest BCUT2D eigenvalue weighted by Gasteiger charge is -2.11. The van der Waals surface area contributed by atoms with Crippen molar-refractivity contribution in [2.45, 2.75) is 0 Å². The highest BCUT2D eigenvalue weighted by atomic mass is 19.1. The highest BCUT2D eigenvalue weighted by Crippen LogP contribution is 2.32. The maximum atomic E-state index is 13.8. The molecule has 2 rings (SSSR count). The number of anilines is 1. The lowest BCUT2D eigenvalue weighted by atomic mass is 10.2. The van der Waals surface area contributed by atoms with Crippen LogP contribution in [0.25, 0.3) is 0 Å². The molecule has 0 atom stereocenters. The highest BCUT2D eigenvalue weighted by Gasteiger charge is 2.17. The summed E-state index contributed by atoms with van der Waals surface area (Å²) in [5, 5.41) is 10.7. The molecule has 0 aliphatic rings. The molecule has 0 heterocycles. The Bertz CT molecular complexity index is 760. The Morgan fingerprint density at radius 2 is 1.87 bits per heavy atom. The van der Waals surface area contributed by atoms with E-state index >= 15 is 0 Å². The Labute approximate surface area is 131 Å². The third-order valence-corrected chi connectivity index (χ3v) is 3.01. The fourth-order valence-electron chi connectivity index (χ4n) is 1.85. The molecule has 0 saturated carbocycles. The molecular weight excluding hydrogens is 305 g/mol. The van der Waals surface area contributed by atoms with Gasteiger partial charge >= 0.3 is 0 Å². The number of hydrogen-bond acceptors (Lipinski definition) is 5. The molecule has 0 saturated heterocycles. The number of carbonyl (C=O) groups excluding carboxylic acids is 1. The van der Waals surface area contributed by atoms with Crippen molar-refractivity contribution in [1.82, 2.24) is 4.90 Å². The number of nitrogens with two attached hydrogens (primary N) is 1. The van der Waals surface area contributed by atoms with Gasteiger partial charge in [0.05, 0.1) is 11.0 Å². The average Bonchev–Trinajstić information content (AvgIpc) is 2.50. The molecule has 0 fully saturated rings. The van der Waals surface area contributed by atoms with Crippen molar-refractivity contribution < 1.29 is 18.8 Å². The van der Waals surface area contributed by atoms with Crippen LogP contribution >= 0.6 is 0 Å². The normalized spacial score (nSPS) is 10.2. The van der Waals surface area contributed by atoms with Crippen LogP contribution in [0.3, 0.4) is 0 Å².